The molecule has 0 fully saturated rings. The molecule has 0 radical (unpaired) electrons. The fourth-order valence-electron chi connectivity index (χ4n) is 5.37. The van der Waals surface area contributed by atoms with E-state index >= 15 is 0 Å². The van der Waals surface area contributed by atoms with E-state index in [-0.39, 0.29) is 0 Å². The van der Waals surface area contributed by atoms with E-state index in [2.05, 4.69) is 175 Å². The van der Waals surface area contributed by atoms with Crippen molar-refractivity contribution in [3.05, 3.63) is 157 Å². The molecule has 1 unspecified atom stereocenters. The van der Waals surface area contributed by atoms with Gasteiger partial charge >= 0.3 is 0 Å². The lowest BCUT2D eigenvalue weighted by Gasteiger charge is -2.29. The van der Waals surface area contributed by atoms with E-state index in [0.29, 0.717) is 5.92 Å². The van der Waals surface area contributed by atoms with Crippen molar-refractivity contribution in [2.75, 3.05) is 9.80 Å². The number of anilines is 6. The van der Waals surface area contributed by atoms with Crippen molar-refractivity contribution in [3.63, 3.8) is 0 Å². The Labute approximate surface area is 237 Å². The molecule has 0 saturated heterocycles. The summed E-state index contributed by atoms with van der Waals surface area (Å²) in [5.74, 6) is 0.543. The highest BCUT2D eigenvalue weighted by Crippen LogP contribution is 2.41. The van der Waals surface area contributed by atoms with Gasteiger partial charge in [0.05, 0.1) is 5.69 Å². The van der Waals surface area contributed by atoms with Gasteiger partial charge in [0.2, 0.25) is 0 Å². The molecule has 2 nitrogen and oxygen atoms in total. The minimum Gasteiger partial charge on any atom is -0.311 e. The summed E-state index contributed by atoms with van der Waals surface area (Å²) in [6, 6.07) is 54.3. The quantitative estimate of drug-likeness (QED) is 0.198. The van der Waals surface area contributed by atoms with Crippen molar-refractivity contribution in [3.8, 4) is 0 Å². The zero-order valence-electron chi connectivity index (χ0n) is 23.1. The van der Waals surface area contributed by atoms with Crippen LogP contribution in [0.3, 0.4) is 0 Å². The first-order chi connectivity index (χ1) is 19.7. The Morgan fingerprint density at radius 3 is 1.48 bits per heavy atom. The summed E-state index contributed by atoms with van der Waals surface area (Å²) in [6.45, 7) is 4.54. The maximum absolute atomic E-state index is 2.38. The summed E-state index contributed by atoms with van der Waals surface area (Å²) in [6.07, 6.45) is 1.13. The number of hydrogen-bond acceptors (Lipinski definition) is 2. The molecule has 0 heterocycles. The minimum absolute atomic E-state index is 0.543. The zero-order valence-corrected chi connectivity index (χ0v) is 23.1. The van der Waals surface area contributed by atoms with Crippen molar-refractivity contribution >= 4 is 44.9 Å². The van der Waals surface area contributed by atoms with E-state index in [1.54, 1.807) is 0 Å². The second-order valence-electron chi connectivity index (χ2n) is 10.3. The highest BCUT2D eigenvalue weighted by atomic mass is 15.2. The van der Waals surface area contributed by atoms with Crippen LogP contribution in [0.1, 0.15) is 31.7 Å². The number of para-hydroxylation sites is 2. The predicted octanol–water partition coefficient (Wildman–Crippen LogP) is 11.3. The van der Waals surface area contributed by atoms with Gasteiger partial charge in [-0.05, 0) is 90.0 Å². The van der Waals surface area contributed by atoms with Gasteiger partial charge in [-0.15, -0.1) is 0 Å². The lowest BCUT2D eigenvalue weighted by atomic mass is 9.98. The summed E-state index contributed by atoms with van der Waals surface area (Å²) in [5, 5.41) is 2.47. The van der Waals surface area contributed by atoms with Gasteiger partial charge in [-0.1, -0.05) is 98.8 Å². The topological polar surface area (TPSA) is 6.48 Å². The molecule has 0 aliphatic rings. The van der Waals surface area contributed by atoms with Crippen LogP contribution in [-0.2, 0) is 0 Å². The van der Waals surface area contributed by atoms with E-state index in [0.717, 1.165) is 34.9 Å². The first-order valence-electron chi connectivity index (χ1n) is 14.1. The van der Waals surface area contributed by atoms with E-state index < -0.39 is 0 Å². The molecule has 0 aliphatic heterocycles. The Morgan fingerprint density at radius 1 is 0.450 bits per heavy atom. The normalized spacial score (nSPS) is 11.8. The minimum atomic E-state index is 0.543. The monoisotopic (exact) mass is 518 g/mol. The van der Waals surface area contributed by atoms with Gasteiger partial charge in [0.1, 0.15) is 0 Å². The molecule has 0 spiro atoms. The molecule has 6 rings (SSSR count). The molecule has 0 amide bonds. The van der Waals surface area contributed by atoms with Crippen LogP contribution in [0, 0.1) is 0 Å². The fourth-order valence-corrected chi connectivity index (χ4v) is 5.37. The van der Waals surface area contributed by atoms with Crippen molar-refractivity contribution in [2.45, 2.75) is 26.2 Å². The van der Waals surface area contributed by atoms with Crippen LogP contribution in [0.4, 0.5) is 34.1 Å². The van der Waals surface area contributed by atoms with E-state index in [1.165, 1.54) is 22.0 Å². The zero-order chi connectivity index (χ0) is 27.3. The predicted molar refractivity (Wildman–Crippen MR) is 172 cm³/mol. The largest absolute Gasteiger partial charge is 0.311 e. The van der Waals surface area contributed by atoms with Gasteiger partial charge in [0.25, 0.3) is 0 Å². The average molecular weight is 519 g/mol. The molecule has 0 aliphatic carbocycles. The van der Waals surface area contributed by atoms with Crippen LogP contribution < -0.4 is 9.80 Å². The van der Waals surface area contributed by atoms with Gasteiger partial charge in [0, 0.05) is 33.8 Å². The maximum Gasteiger partial charge on any atom is 0.0540 e. The molecule has 2 heteroatoms. The molecule has 0 aromatic heterocycles. The standard InChI is InChI=1S/C38H34N2/c1-3-29(2)30-21-23-35(24-22-30)40(38-20-12-14-31-13-10-11-19-37(31)38)36-27-25-34(26-28-36)39(32-15-6-4-7-16-32)33-17-8-5-9-18-33/h4-29H,3H2,1-2H3. The van der Waals surface area contributed by atoms with Crippen molar-refractivity contribution in [1.29, 1.82) is 0 Å². The number of benzene rings is 6. The first-order valence-corrected chi connectivity index (χ1v) is 14.1. The second-order valence-corrected chi connectivity index (χ2v) is 10.3. The first kappa shape index (κ1) is 25.5. The van der Waals surface area contributed by atoms with Crippen molar-refractivity contribution in [2.24, 2.45) is 0 Å². The Hall–Kier alpha value is -4.82. The molecule has 0 saturated carbocycles. The highest BCUT2D eigenvalue weighted by molar-refractivity contribution is 5.99. The van der Waals surface area contributed by atoms with Crippen LogP contribution in [0.25, 0.3) is 10.8 Å². The van der Waals surface area contributed by atoms with Crippen LogP contribution in [0.2, 0.25) is 0 Å². The smallest absolute Gasteiger partial charge is 0.0540 e. The van der Waals surface area contributed by atoms with Crippen LogP contribution in [0.15, 0.2) is 152 Å². The van der Waals surface area contributed by atoms with Crippen LogP contribution in [-0.4, -0.2) is 0 Å². The van der Waals surface area contributed by atoms with Gasteiger partial charge in [0.15, 0.2) is 0 Å². The second kappa shape index (κ2) is 11.5. The summed E-state index contributed by atoms with van der Waals surface area (Å²) in [4.78, 5) is 4.68. The van der Waals surface area contributed by atoms with Crippen molar-refractivity contribution < 1.29 is 0 Å². The Morgan fingerprint density at radius 2 is 0.900 bits per heavy atom. The average Bonchev–Trinajstić information content (AvgIpc) is 3.03. The summed E-state index contributed by atoms with van der Waals surface area (Å²) >= 11 is 0. The molecule has 1 atom stereocenters. The Kier molecular flexibility index (Phi) is 7.32. The summed E-state index contributed by atoms with van der Waals surface area (Å²) in [5.41, 5.74) is 8.20. The number of nitrogens with zero attached hydrogens (tertiary/aromatic N) is 2. The van der Waals surface area contributed by atoms with E-state index in [9.17, 15) is 0 Å². The van der Waals surface area contributed by atoms with Crippen molar-refractivity contribution in [1.82, 2.24) is 0 Å². The van der Waals surface area contributed by atoms with Gasteiger partial charge < -0.3 is 9.80 Å². The molecule has 0 N–H and O–H groups in total. The van der Waals surface area contributed by atoms with Gasteiger partial charge in [-0.25, -0.2) is 0 Å². The third-order valence-corrected chi connectivity index (χ3v) is 7.74. The summed E-state index contributed by atoms with van der Waals surface area (Å²) in [7, 11) is 0. The molecule has 40 heavy (non-hydrogen) atoms. The third kappa shape index (κ3) is 5.09. The molecule has 6 aromatic rings. The van der Waals surface area contributed by atoms with E-state index in [4.69, 9.17) is 0 Å². The fraction of sp³-hybridized carbons (Fsp3) is 0.105. The molecular weight excluding hydrogens is 484 g/mol. The maximum atomic E-state index is 2.38. The number of rotatable bonds is 8. The van der Waals surface area contributed by atoms with Gasteiger partial charge in [-0.3, -0.25) is 0 Å². The lowest BCUT2D eigenvalue weighted by Crippen LogP contribution is -2.12. The highest BCUT2D eigenvalue weighted by Gasteiger charge is 2.17. The third-order valence-electron chi connectivity index (χ3n) is 7.74. The SMILES string of the molecule is CCC(C)c1ccc(N(c2ccc(N(c3ccccc3)c3ccccc3)cc2)c2cccc3ccccc23)cc1. The Bertz CT molecular complexity index is 1630. The van der Waals surface area contributed by atoms with E-state index in [1.807, 2.05) is 0 Å². The lowest BCUT2D eigenvalue weighted by molar-refractivity contribution is 0.733. The number of fused-ring (bicyclic) bond motifs is 1. The number of hydrogen-bond donors (Lipinski definition) is 0. The molecular formula is C38H34N2. The van der Waals surface area contributed by atoms with Gasteiger partial charge in [-0.2, -0.15) is 0 Å². The van der Waals surface area contributed by atoms with Crippen LogP contribution >= 0.6 is 0 Å². The molecule has 0 bridgehead atoms. The summed E-state index contributed by atoms with van der Waals surface area (Å²) < 4.78 is 0. The van der Waals surface area contributed by atoms with Crippen LogP contribution in [0.5, 0.6) is 0 Å². The Balaban J connectivity index is 1.46. The molecule has 196 valence electrons. The molecule has 6 aromatic carbocycles.